The van der Waals surface area contributed by atoms with Gasteiger partial charge in [0.15, 0.2) is 23.5 Å². The highest BCUT2D eigenvalue weighted by atomic mass is 19.3. The minimum atomic E-state index is -2.91. The number of hydrogen-bond acceptors (Lipinski definition) is 4. The maximum atomic E-state index is 12.2. The molecule has 0 bridgehead atoms. The van der Waals surface area contributed by atoms with E-state index >= 15 is 0 Å². The van der Waals surface area contributed by atoms with E-state index in [9.17, 15) is 18.7 Å². The van der Waals surface area contributed by atoms with Crippen molar-refractivity contribution in [2.24, 2.45) is 0 Å². The van der Waals surface area contributed by atoms with Crippen LogP contribution in [0.1, 0.15) is 22.5 Å². The summed E-state index contributed by atoms with van der Waals surface area (Å²) in [5, 5.41) is 9.24. The van der Waals surface area contributed by atoms with Gasteiger partial charge in [-0.3, -0.25) is 9.78 Å². The molecule has 1 heterocycles. The molecule has 1 aromatic rings. The van der Waals surface area contributed by atoms with Crippen molar-refractivity contribution in [1.82, 2.24) is 4.98 Å². The van der Waals surface area contributed by atoms with Crippen LogP contribution in [0.5, 0.6) is 11.5 Å². The van der Waals surface area contributed by atoms with Gasteiger partial charge >= 0.3 is 0 Å². The molecule has 0 amide bonds. The third kappa shape index (κ3) is 1.63. The third-order valence-electron chi connectivity index (χ3n) is 1.60. The monoisotopic (exact) mass is 203 g/mol. The first-order valence-corrected chi connectivity index (χ1v) is 3.61. The van der Waals surface area contributed by atoms with Gasteiger partial charge in [0, 0.05) is 6.20 Å². The molecule has 0 fully saturated rings. The van der Waals surface area contributed by atoms with Gasteiger partial charge in [0.1, 0.15) is 0 Å². The number of aromatic hydroxyl groups is 1. The highest BCUT2D eigenvalue weighted by Crippen LogP contribution is 2.35. The molecule has 0 aliphatic rings. The first kappa shape index (κ1) is 10.4. The summed E-state index contributed by atoms with van der Waals surface area (Å²) < 4.78 is 29.0. The molecule has 1 aromatic heterocycles. The Morgan fingerprint density at radius 3 is 2.71 bits per heavy atom. The topological polar surface area (TPSA) is 59.4 Å². The van der Waals surface area contributed by atoms with Crippen LogP contribution in [0, 0.1) is 0 Å². The highest BCUT2D eigenvalue weighted by molar-refractivity contribution is 5.80. The van der Waals surface area contributed by atoms with Crippen molar-refractivity contribution in [2.45, 2.75) is 6.43 Å². The lowest BCUT2D eigenvalue weighted by Crippen LogP contribution is -1.98. The summed E-state index contributed by atoms with van der Waals surface area (Å²) in [7, 11) is 1.16. The zero-order chi connectivity index (χ0) is 10.7. The number of ether oxygens (including phenoxy) is 1. The molecule has 0 atom stereocenters. The van der Waals surface area contributed by atoms with E-state index in [-0.39, 0.29) is 11.3 Å². The summed E-state index contributed by atoms with van der Waals surface area (Å²) in [6, 6.07) is 0. The quantitative estimate of drug-likeness (QED) is 0.757. The summed E-state index contributed by atoms with van der Waals surface area (Å²) in [6.45, 7) is 0. The number of alkyl halides is 2. The predicted octanol–water partition coefficient (Wildman–Crippen LogP) is 1.55. The fraction of sp³-hybridized carbons (Fsp3) is 0.250. The van der Waals surface area contributed by atoms with E-state index in [0.717, 1.165) is 13.3 Å². The molecule has 6 heteroatoms. The molecule has 0 aromatic carbocycles. The standard InChI is InChI=1S/C8H7F2NO3/c1-14-7-4(3-12)2-11-5(6(7)13)8(9)10/h2-3,8,13H,1H3. The van der Waals surface area contributed by atoms with E-state index in [0.29, 0.717) is 6.29 Å². The zero-order valence-corrected chi connectivity index (χ0v) is 7.20. The van der Waals surface area contributed by atoms with Crippen molar-refractivity contribution in [1.29, 1.82) is 0 Å². The number of methoxy groups -OCH3 is 1. The summed E-state index contributed by atoms with van der Waals surface area (Å²) in [4.78, 5) is 13.6. The van der Waals surface area contributed by atoms with Crippen molar-refractivity contribution >= 4 is 6.29 Å². The van der Waals surface area contributed by atoms with Gasteiger partial charge in [-0.1, -0.05) is 0 Å². The van der Waals surface area contributed by atoms with Gasteiger partial charge in [-0.15, -0.1) is 0 Å². The Balaban J connectivity index is 3.34. The summed E-state index contributed by atoms with van der Waals surface area (Å²) in [6.07, 6.45) is -1.63. The smallest absolute Gasteiger partial charge is 0.284 e. The molecule has 76 valence electrons. The second-order valence-corrected chi connectivity index (χ2v) is 2.40. The maximum absolute atomic E-state index is 12.2. The molecule has 0 aliphatic heterocycles. The first-order chi connectivity index (χ1) is 6.61. The molecular formula is C8H7F2NO3. The van der Waals surface area contributed by atoms with Crippen molar-refractivity contribution in [3.05, 3.63) is 17.5 Å². The summed E-state index contributed by atoms with van der Waals surface area (Å²) in [5.74, 6) is -1.09. The normalized spacial score (nSPS) is 10.3. The minimum Gasteiger partial charge on any atom is -0.503 e. The van der Waals surface area contributed by atoms with Crippen molar-refractivity contribution < 1.29 is 23.4 Å². The van der Waals surface area contributed by atoms with Crippen LogP contribution >= 0.6 is 0 Å². The summed E-state index contributed by atoms with van der Waals surface area (Å²) in [5.41, 5.74) is -0.873. The van der Waals surface area contributed by atoms with Crippen LogP contribution in [0.2, 0.25) is 0 Å². The molecule has 0 spiro atoms. The van der Waals surface area contributed by atoms with Gasteiger partial charge < -0.3 is 9.84 Å². The second-order valence-electron chi connectivity index (χ2n) is 2.40. The Bertz CT molecular complexity index is 355. The number of hydrogen-bond donors (Lipinski definition) is 1. The Morgan fingerprint density at radius 2 is 2.29 bits per heavy atom. The Labute approximate surface area is 78.1 Å². The van der Waals surface area contributed by atoms with Gasteiger partial charge in [0.2, 0.25) is 0 Å². The number of carbonyl (C=O) groups is 1. The van der Waals surface area contributed by atoms with Gasteiger partial charge in [-0.05, 0) is 0 Å². The number of aldehydes is 1. The van der Waals surface area contributed by atoms with Gasteiger partial charge in [0.05, 0.1) is 12.7 Å². The minimum absolute atomic E-state index is 0.0746. The van der Waals surface area contributed by atoms with E-state index < -0.39 is 17.9 Å². The molecule has 0 aliphatic carbocycles. The van der Waals surface area contributed by atoms with Gasteiger partial charge in [-0.25, -0.2) is 8.78 Å². The molecule has 14 heavy (non-hydrogen) atoms. The number of nitrogens with zero attached hydrogens (tertiary/aromatic N) is 1. The van der Waals surface area contributed by atoms with Gasteiger partial charge in [0.25, 0.3) is 6.43 Å². The predicted molar refractivity (Wildman–Crippen MR) is 42.8 cm³/mol. The van der Waals surface area contributed by atoms with Crippen LogP contribution in [-0.4, -0.2) is 23.5 Å². The number of halogens is 2. The molecule has 1 rings (SSSR count). The molecule has 0 saturated heterocycles. The Hall–Kier alpha value is -1.72. The van der Waals surface area contributed by atoms with Crippen LogP contribution in [0.3, 0.4) is 0 Å². The van der Waals surface area contributed by atoms with Crippen LogP contribution in [0.15, 0.2) is 6.20 Å². The molecule has 4 nitrogen and oxygen atoms in total. The molecular weight excluding hydrogens is 196 g/mol. The zero-order valence-electron chi connectivity index (χ0n) is 7.20. The van der Waals surface area contributed by atoms with Gasteiger partial charge in [-0.2, -0.15) is 0 Å². The Morgan fingerprint density at radius 1 is 1.64 bits per heavy atom. The Kier molecular flexibility index (Phi) is 2.95. The second kappa shape index (κ2) is 3.99. The van der Waals surface area contributed by atoms with E-state index in [1.807, 2.05) is 0 Å². The number of aromatic nitrogens is 1. The largest absolute Gasteiger partial charge is 0.503 e. The molecule has 0 saturated carbocycles. The van der Waals surface area contributed by atoms with Crippen molar-refractivity contribution in [3.63, 3.8) is 0 Å². The summed E-state index contributed by atoms with van der Waals surface area (Å²) >= 11 is 0. The average molecular weight is 203 g/mol. The number of pyridine rings is 1. The van der Waals surface area contributed by atoms with E-state index in [1.165, 1.54) is 0 Å². The third-order valence-corrected chi connectivity index (χ3v) is 1.60. The van der Waals surface area contributed by atoms with Crippen molar-refractivity contribution in [2.75, 3.05) is 7.11 Å². The van der Waals surface area contributed by atoms with Crippen molar-refractivity contribution in [3.8, 4) is 11.5 Å². The molecule has 0 unspecified atom stereocenters. The maximum Gasteiger partial charge on any atom is 0.284 e. The van der Waals surface area contributed by atoms with Crippen LogP contribution in [0.25, 0.3) is 0 Å². The van der Waals surface area contributed by atoms with Crippen LogP contribution < -0.4 is 4.74 Å². The van der Waals surface area contributed by atoms with Crippen LogP contribution in [0.4, 0.5) is 8.78 Å². The lowest BCUT2D eigenvalue weighted by atomic mass is 10.2. The average Bonchev–Trinajstić information content (AvgIpc) is 2.16. The number of carbonyl (C=O) groups excluding carboxylic acids is 1. The molecule has 1 N–H and O–H groups in total. The van der Waals surface area contributed by atoms with E-state index in [4.69, 9.17) is 0 Å². The highest BCUT2D eigenvalue weighted by Gasteiger charge is 2.20. The fourth-order valence-corrected chi connectivity index (χ4v) is 0.970. The van der Waals surface area contributed by atoms with E-state index in [1.54, 1.807) is 0 Å². The first-order valence-electron chi connectivity index (χ1n) is 3.61. The number of rotatable bonds is 3. The molecule has 0 radical (unpaired) electrons. The SMILES string of the molecule is COc1c(C=O)cnc(C(F)F)c1O. The lowest BCUT2D eigenvalue weighted by Gasteiger charge is -2.08. The fourth-order valence-electron chi connectivity index (χ4n) is 0.970. The van der Waals surface area contributed by atoms with E-state index in [2.05, 4.69) is 9.72 Å². The van der Waals surface area contributed by atoms with Crippen LogP contribution in [-0.2, 0) is 0 Å². The lowest BCUT2D eigenvalue weighted by molar-refractivity contribution is 0.111.